The van der Waals surface area contributed by atoms with Crippen LogP contribution in [0, 0.1) is 11.8 Å². The summed E-state index contributed by atoms with van der Waals surface area (Å²) in [6.45, 7) is 10.9. The van der Waals surface area contributed by atoms with E-state index < -0.39 is 0 Å². The van der Waals surface area contributed by atoms with Gasteiger partial charge in [0.15, 0.2) is 0 Å². The first-order chi connectivity index (χ1) is 8.13. The first-order valence-corrected chi connectivity index (χ1v) is 6.56. The molecule has 0 aromatic carbocycles. The van der Waals surface area contributed by atoms with Crippen molar-refractivity contribution in [3.8, 4) is 0 Å². The second-order valence-electron chi connectivity index (χ2n) is 4.99. The van der Waals surface area contributed by atoms with E-state index in [1.165, 1.54) is 0 Å². The molecule has 0 aliphatic rings. The van der Waals surface area contributed by atoms with Crippen molar-refractivity contribution in [1.29, 1.82) is 0 Å². The number of aromatic nitrogens is 1. The predicted octanol–water partition coefficient (Wildman–Crippen LogP) is 3.61. The van der Waals surface area contributed by atoms with E-state index in [0.29, 0.717) is 11.8 Å². The van der Waals surface area contributed by atoms with Gasteiger partial charge in [0.1, 0.15) is 0 Å². The van der Waals surface area contributed by atoms with Gasteiger partial charge in [-0.25, -0.2) is 0 Å². The van der Waals surface area contributed by atoms with Crippen LogP contribution in [0.4, 0.5) is 11.4 Å². The Labute approximate surface area is 105 Å². The minimum absolute atomic E-state index is 0.669. The predicted molar refractivity (Wildman–Crippen MR) is 75.5 cm³/mol. The van der Waals surface area contributed by atoms with Crippen molar-refractivity contribution in [1.82, 2.24) is 4.98 Å². The fourth-order valence-corrected chi connectivity index (χ4v) is 1.42. The van der Waals surface area contributed by atoms with E-state index in [9.17, 15) is 0 Å². The highest BCUT2D eigenvalue weighted by Crippen LogP contribution is 2.15. The summed E-state index contributed by atoms with van der Waals surface area (Å²) >= 11 is 0. The monoisotopic (exact) mass is 235 g/mol. The molecule has 3 heteroatoms. The summed E-state index contributed by atoms with van der Waals surface area (Å²) in [6, 6.07) is 2.12. The quantitative estimate of drug-likeness (QED) is 0.758. The van der Waals surface area contributed by atoms with Gasteiger partial charge in [-0.2, -0.15) is 0 Å². The second-order valence-corrected chi connectivity index (χ2v) is 4.99. The lowest BCUT2D eigenvalue weighted by Gasteiger charge is -2.17. The van der Waals surface area contributed by atoms with Gasteiger partial charge in [-0.1, -0.05) is 27.7 Å². The van der Waals surface area contributed by atoms with Crippen LogP contribution >= 0.6 is 0 Å². The highest BCUT2D eigenvalue weighted by Gasteiger charge is 2.06. The van der Waals surface area contributed by atoms with Gasteiger partial charge < -0.3 is 10.6 Å². The summed E-state index contributed by atoms with van der Waals surface area (Å²) in [5.74, 6) is 1.37. The molecule has 0 aliphatic heterocycles. The molecule has 17 heavy (non-hydrogen) atoms. The van der Waals surface area contributed by atoms with Crippen LogP contribution < -0.4 is 10.6 Å². The molecule has 0 bridgehead atoms. The smallest absolute Gasteiger partial charge is 0.0547 e. The van der Waals surface area contributed by atoms with E-state index in [1.54, 1.807) is 0 Å². The number of hydrogen-bond donors (Lipinski definition) is 2. The minimum Gasteiger partial charge on any atom is -0.384 e. The van der Waals surface area contributed by atoms with Crippen molar-refractivity contribution < 1.29 is 0 Å². The first kappa shape index (κ1) is 13.8. The van der Waals surface area contributed by atoms with Crippen LogP contribution in [0.3, 0.4) is 0 Å². The lowest BCUT2D eigenvalue weighted by Crippen LogP contribution is -2.16. The maximum absolute atomic E-state index is 4.24. The Kier molecular flexibility index (Phi) is 5.81. The van der Waals surface area contributed by atoms with Crippen molar-refractivity contribution in [2.45, 2.75) is 34.1 Å². The van der Waals surface area contributed by atoms with E-state index >= 15 is 0 Å². The lowest BCUT2D eigenvalue weighted by atomic mass is 9.98. The molecule has 1 aromatic rings. The second kappa shape index (κ2) is 7.15. The van der Waals surface area contributed by atoms with Crippen LogP contribution in [0.15, 0.2) is 18.5 Å². The lowest BCUT2D eigenvalue weighted by molar-refractivity contribution is 0.440. The highest BCUT2D eigenvalue weighted by molar-refractivity contribution is 5.53. The Bertz CT molecular complexity index is 323. The molecule has 0 fully saturated rings. The average Bonchev–Trinajstić information content (AvgIpc) is 2.33. The van der Waals surface area contributed by atoms with Gasteiger partial charge in [0.25, 0.3) is 0 Å². The van der Waals surface area contributed by atoms with Crippen LogP contribution in [-0.2, 0) is 0 Å². The van der Waals surface area contributed by atoms with Gasteiger partial charge in [0.05, 0.1) is 23.8 Å². The maximum atomic E-state index is 4.24. The van der Waals surface area contributed by atoms with E-state index in [1.807, 2.05) is 12.4 Å². The third-order valence-corrected chi connectivity index (χ3v) is 3.08. The van der Waals surface area contributed by atoms with E-state index in [4.69, 9.17) is 0 Å². The molecule has 0 spiro atoms. The van der Waals surface area contributed by atoms with Gasteiger partial charge in [-0.15, -0.1) is 0 Å². The van der Waals surface area contributed by atoms with Crippen molar-refractivity contribution in [2.75, 3.05) is 23.7 Å². The Hall–Kier alpha value is -1.25. The minimum atomic E-state index is 0.669. The molecule has 0 saturated heterocycles. The summed E-state index contributed by atoms with van der Waals surface area (Å²) < 4.78 is 0. The standard InChI is InChI=1S/C14H25N3/c1-5-6-16-13-7-14(10-15-9-13)17-8-12(4)11(2)3/h7,9-12,16-17H,5-6,8H2,1-4H3. The summed E-state index contributed by atoms with van der Waals surface area (Å²) in [5.41, 5.74) is 2.19. The topological polar surface area (TPSA) is 37.0 Å². The largest absolute Gasteiger partial charge is 0.384 e. The third-order valence-electron chi connectivity index (χ3n) is 3.08. The number of nitrogens with zero attached hydrogens (tertiary/aromatic N) is 1. The number of nitrogens with one attached hydrogen (secondary N) is 2. The van der Waals surface area contributed by atoms with E-state index in [2.05, 4.69) is 49.4 Å². The van der Waals surface area contributed by atoms with Gasteiger partial charge in [0, 0.05) is 13.1 Å². The summed E-state index contributed by atoms with van der Waals surface area (Å²) in [4.78, 5) is 4.24. The number of anilines is 2. The molecule has 2 N–H and O–H groups in total. The van der Waals surface area contributed by atoms with Crippen molar-refractivity contribution in [2.24, 2.45) is 11.8 Å². The summed E-state index contributed by atoms with van der Waals surface area (Å²) in [7, 11) is 0. The van der Waals surface area contributed by atoms with Gasteiger partial charge in [-0.05, 0) is 24.3 Å². The Balaban J connectivity index is 2.48. The number of rotatable bonds is 7. The third kappa shape index (κ3) is 5.07. The fraction of sp³-hybridized carbons (Fsp3) is 0.643. The maximum Gasteiger partial charge on any atom is 0.0547 e. The Morgan fingerprint density at radius 3 is 2.35 bits per heavy atom. The Morgan fingerprint density at radius 1 is 1.12 bits per heavy atom. The molecule has 0 aliphatic carbocycles. The van der Waals surface area contributed by atoms with Gasteiger partial charge in [0.2, 0.25) is 0 Å². The average molecular weight is 235 g/mol. The van der Waals surface area contributed by atoms with Gasteiger partial charge in [-0.3, -0.25) is 4.98 Å². The zero-order valence-electron chi connectivity index (χ0n) is 11.5. The molecule has 0 amide bonds. The number of pyridine rings is 1. The highest BCUT2D eigenvalue weighted by atomic mass is 14.9. The van der Waals surface area contributed by atoms with Crippen molar-refractivity contribution >= 4 is 11.4 Å². The molecule has 0 saturated carbocycles. The van der Waals surface area contributed by atoms with E-state index in [0.717, 1.165) is 30.9 Å². The molecule has 1 aromatic heterocycles. The molecule has 1 atom stereocenters. The van der Waals surface area contributed by atoms with Crippen LogP contribution in [0.1, 0.15) is 34.1 Å². The van der Waals surface area contributed by atoms with E-state index in [-0.39, 0.29) is 0 Å². The van der Waals surface area contributed by atoms with Crippen LogP contribution in [0.5, 0.6) is 0 Å². The number of hydrogen-bond acceptors (Lipinski definition) is 3. The Morgan fingerprint density at radius 2 is 1.76 bits per heavy atom. The van der Waals surface area contributed by atoms with Crippen molar-refractivity contribution in [3.63, 3.8) is 0 Å². The van der Waals surface area contributed by atoms with Crippen LogP contribution in [-0.4, -0.2) is 18.1 Å². The molecule has 3 nitrogen and oxygen atoms in total. The van der Waals surface area contributed by atoms with Gasteiger partial charge >= 0.3 is 0 Å². The molecular weight excluding hydrogens is 210 g/mol. The SMILES string of the molecule is CCCNc1cncc(NCC(C)C(C)C)c1. The van der Waals surface area contributed by atoms with Crippen LogP contribution in [0.2, 0.25) is 0 Å². The molecule has 1 unspecified atom stereocenters. The van der Waals surface area contributed by atoms with Crippen molar-refractivity contribution in [3.05, 3.63) is 18.5 Å². The first-order valence-electron chi connectivity index (χ1n) is 6.56. The normalized spacial score (nSPS) is 12.5. The zero-order valence-corrected chi connectivity index (χ0v) is 11.5. The molecule has 0 radical (unpaired) electrons. The summed E-state index contributed by atoms with van der Waals surface area (Å²) in [5, 5.41) is 6.78. The molecular formula is C14H25N3. The zero-order chi connectivity index (χ0) is 12.7. The summed E-state index contributed by atoms with van der Waals surface area (Å²) in [6.07, 6.45) is 4.87. The molecule has 1 heterocycles. The van der Waals surface area contributed by atoms with Crippen LogP contribution in [0.25, 0.3) is 0 Å². The molecule has 96 valence electrons. The fourth-order valence-electron chi connectivity index (χ4n) is 1.42. The molecule has 1 rings (SSSR count).